The van der Waals surface area contributed by atoms with Gasteiger partial charge in [-0.1, -0.05) is 23.7 Å². The van der Waals surface area contributed by atoms with E-state index >= 15 is 0 Å². The lowest BCUT2D eigenvalue weighted by molar-refractivity contribution is -0.114. The van der Waals surface area contributed by atoms with Crippen molar-refractivity contribution in [1.29, 1.82) is 0 Å². The van der Waals surface area contributed by atoms with Gasteiger partial charge in [0.2, 0.25) is 5.91 Å². The highest BCUT2D eigenvalue weighted by Gasteiger charge is 2.18. The van der Waals surface area contributed by atoms with Crippen molar-refractivity contribution >= 4 is 34.8 Å². The zero-order valence-corrected chi connectivity index (χ0v) is 16.8. The average Bonchev–Trinajstić information content (AvgIpc) is 2.69. The molecular weight excluding hydrogens is 374 g/mol. The summed E-state index contributed by atoms with van der Waals surface area (Å²) in [6.45, 7) is 5.65. The third-order valence-electron chi connectivity index (χ3n) is 4.74. The number of benzene rings is 2. The number of anilines is 2. The van der Waals surface area contributed by atoms with Crippen LogP contribution in [0.1, 0.15) is 12.5 Å². The molecule has 28 heavy (non-hydrogen) atoms. The van der Waals surface area contributed by atoms with Crippen LogP contribution in [0, 0.1) is 0 Å². The highest BCUT2D eigenvalue weighted by Crippen LogP contribution is 2.19. The van der Waals surface area contributed by atoms with Crippen molar-refractivity contribution in [3.05, 3.63) is 59.1 Å². The Hall–Kier alpha value is -2.73. The van der Waals surface area contributed by atoms with Crippen molar-refractivity contribution in [3.8, 4) is 0 Å². The minimum Gasteiger partial charge on any atom is -0.370 e. The maximum atomic E-state index is 11.1. The third-order valence-corrected chi connectivity index (χ3v) is 5.00. The number of carbonyl (C=O) groups excluding carboxylic acids is 1. The van der Waals surface area contributed by atoms with E-state index in [1.807, 2.05) is 48.5 Å². The number of rotatable bonds is 5. The number of halogens is 1. The van der Waals surface area contributed by atoms with Crippen molar-refractivity contribution in [2.24, 2.45) is 10.7 Å². The summed E-state index contributed by atoms with van der Waals surface area (Å²) < 4.78 is 0. The van der Waals surface area contributed by atoms with Crippen LogP contribution in [0.2, 0.25) is 5.02 Å². The van der Waals surface area contributed by atoms with Crippen LogP contribution in [0.4, 0.5) is 11.4 Å². The molecule has 1 aliphatic rings. The Labute approximate surface area is 171 Å². The van der Waals surface area contributed by atoms with E-state index in [1.54, 1.807) is 0 Å². The summed E-state index contributed by atoms with van der Waals surface area (Å²) in [4.78, 5) is 20.1. The molecule has 0 saturated carbocycles. The van der Waals surface area contributed by atoms with Gasteiger partial charge in [0.15, 0.2) is 5.96 Å². The molecule has 0 atom stereocenters. The summed E-state index contributed by atoms with van der Waals surface area (Å²) in [5.74, 6) is 0.534. The number of nitrogens with zero attached hydrogens (tertiary/aromatic N) is 3. The summed E-state index contributed by atoms with van der Waals surface area (Å²) in [5.41, 5.74) is 9.34. The molecule has 2 aromatic carbocycles. The second-order valence-electron chi connectivity index (χ2n) is 6.82. The van der Waals surface area contributed by atoms with Crippen molar-refractivity contribution in [2.45, 2.75) is 13.3 Å². The summed E-state index contributed by atoms with van der Waals surface area (Å²) in [7, 11) is 0. The van der Waals surface area contributed by atoms with Gasteiger partial charge in [-0.25, -0.2) is 0 Å². The Morgan fingerprint density at radius 3 is 2.32 bits per heavy atom. The van der Waals surface area contributed by atoms with Crippen molar-refractivity contribution in [2.75, 3.05) is 42.9 Å². The maximum Gasteiger partial charge on any atom is 0.221 e. The number of amides is 1. The standard InChI is InChI=1S/C21H26ClN5O/c1-16(28)25-19-6-2-17(3-7-19)10-11-24-21(23)27-14-12-26(13-15-27)20-8-4-18(22)5-9-20/h2-9H,10-15H2,1H3,(H2,23,24)(H,25,28). The Morgan fingerprint density at radius 2 is 1.71 bits per heavy atom. The van der Waals surface area contributed by atoms with Gasteiger partial charge >= 0.3 is 0 Å². The van der Waals surface area contributed by atoms with E-state index in [4.69, 9.17) is 17.3 Å². The minimum atomic E-state index is -0.0683. The van der Waals surface area contributed by atoms with Crippen molar-refractivity contribution in [3.63, 3.8) is 0 Å². The first kappa shape index (κ1) is 20.0. The molecule has 0 radical (unpaired) electrons. The second kappa shape index (κ2) is 9.46. The summed E-state index contributed by atoms with van der Waals surface area (Å²) in [6.07, 6.45) is 0.811. The van der Waals surface area contributed by atoms with Crippen LogP contribution < -0.4 is 16.0 Å². The van der Waals surface area contributed by atoms with Gasteiger partial charge in [-0.15, -0.1) is 0 Å². The van der Waals surface area contributed by atoms with Crippen LogP contribution in [0.5, 0.6) is 0 Å². The molecular formula is C21H26ClN5O. The molecule has 1 fully saturated rings. The van der Waals surface area contributed by atoms with Crippen LogP contribution in [-0.2, 0) is 11.2 Å². The van der Waals surface area contributed by atoms with Crippen LogP contribution >= 0.6 is 11.6 Å². The SMILES string of the molecule is CC(=O)Nc1ccc(CCN=C(N)N2CCN(c3ccc(Cl)cc3)CC2)cc1. The minimum absolute atomic E-state index is 0.0683. The fourth-order valence-corrected chi connectivity index (χ4v) is 3.33. The normalized spacial score (nSPS) is 14.9. The van der Waals surface area contributed by atoms with E-state index in [0.29, 0.717) is 12.5 Å². The molecule has 6 nitrogen and oxygen atoms in total. The Balaban J connectivity index is 1.45. The fraction of sp³-hybridized carbons (Fsp3) is 0.333. The first-order valence-electron chi connectivity index (χ1n) is 9.43. The third kappa shape index (κ3) is 5.63. The van der Waals surface area contributed by atoms with E-state index < -0.39 is 0 Å². The number of guanidine groups is 1. The monoisotopic (exact) mass is 399 g/mol. The summed E-state index contributed by atoms with van der Waals surface area (Å²) >= 11 is 5.96. The van der Waals surface area contributed by atoms with Gasteiger partial charge < -0.3 is 20.9 Å². The smallest absolute Gasteiger partial charge is 0.221 e. The predicted molar refractivity (Wildman–Crippen MR) is 116 cm³/mol. The highest BCUT2D eigenvalue weighted by atomic mass is 35.5. The second-order valence-corrected chi connectivity index (χ2v) is 7.25. The van der Waals surface area contributed by atoms with Crippen LogP contribution in [0.25, 0.3) is 0 Å². The van der Waals surface area contributed by atoms with Gasteiger partial charge in [-0.2, -0.15) is 0 Å². The van der Waals surface area contributed by atoms with Gasteiger partial charge in [0.05, 0.1) is 0 Å². The van der Waals surface area contributed by atoms with E-state index in [-0.39, 0.29) is 5.91 Å². The predicted octanol–water partition coefficient (Wildman–Crippen LogP) is 2.98. The average molecular weight is 400 g/mol. The topological polar surface area (TPSA) is 74.0 Å². The summed E-state index contributed by atoms with van der Waals surface area (Å²) in [6, 6.07) is 15.7. The molecule has 7 heteroatoms. The van der Waals surface area contributed by atoms with E-state index in [1.165, 1.54) is 18.2 Å². The highest BCUT2D eigenvalue weighted by molar-refractivity contribution is 6.30. The summed E-state index contributed by atoms with van der Waals surface area (Å²) in [5, 5.41) is 3.52. The lowest BCUT2D eigenvalue weighted by atomic mass is 10.1. The van der Waals surface area contributed by atoms with Crippen molar-refractivity contribution in [1.82, 2.24) is 4.90 Å². The molecule has 148 valence electrons. The van der Waals surface area contributed by atoms with Crippen LogP contribution in [0.15, 0.2) is 53.5 Å². The van der Waals surface area contributed by atoms with E-state index in [0.717, 1.165) is 43.3 Å². The molecule has 1 saturated heterocycles. The molecule has 0 spiro atoms. The molecule has 0 bridgehead atoms. The Kier molecular flexibility index (Phi) is 6.76. The number of nitrogens with one attached hydrogen (secondary N) is 1. The zero-order valence-electron chi connectivity index (χ0n) is 16.1. The van der Waals surface area contributed by atoms with Gasteiger partial charge in [-0.05, 0) is 48.4 Å². The molecule has 0 aliphatic carbocycles. The molecule has 1 heterocycles. The lowest BCUT2D eigenvalue weighted by Crippen LogP contribution is -2.51. The first-order chi connectivity index (χ1) is 13.5. The molecule has 1 aliphatic heterocycles. The fourth-order valence-electron chi connectivity index (χ4n) is 3.20. The number of carbonyl (C=O) groups is 1. The van der Waals surface area contributed by atoms with Gasteiger partial charge in [0.1, 0.15) is 0 Å². The Morgan fingerprint density at radius 1 is 1.07 bits per heavy atom. The van der Waals surface area contributed by atoms with Gasteiger partial charge in [0.25, 0.3) is 0 Å². The Bertz CT molecular complexity index is 812. The molecule has 2 aromatic rings. The quantitative estimate of drug-likeness (QED) is 0.598. The molecule has 3 rings (SSSR count). The zero-order chi connectivity index (χ0) is 19.9. The maximum absolute atomic E-state index is 11.1. The number of hydrogen-bond donors (Lipinski definition) is 2. The number of piperazine rings is 1. The number of hydrogen-bond acceptors (Lipinski definition) is 3. The van der Waals surface area contributed by atoms with Gasteiger partial charge in [0, 0.05) is 56.0 Å². The van der Waals surface area contributed by atoms with E-state index in [2.05, 4.69) is 20.1 Å². The number of nitrogens with two attached hydrogens (primary N) is 1. The largest absolute Gasteiger partial charge is 0.370 e. The van der Waals surface area contributed by atoms with Gasteiger partial charge in [-0.3, -0.25) is 9.79 Å². The van der Waals surface area contributed by atoms with E-state index in [9.17, 15) is 4.79 Å². The van der Waals surface area contributed by atoms with Crippen LogP contribution in [-0.4, -0.2) is 49.5 Å². The number of aliphatic imine (C=N–C) groups is 1. The molecule has 1 amide bonds. The lowest BCUT2D eigenvalue weighted by Gasteiger charge is -2.36. The van der Waals surface area contributed by atoms with Crippen LogP contribution in [0.3, 0.4) is 0 Å². The first-order valence-corrected chi connectivity index (χ1v) is 9.81. The molecule has 0 unspecified atom stereocenters. The van der Waals surface area contributed by atoms with Crippen molar-refractivity contribution < 1.29 is 4.79 Å². The molecule has 0 aromatic heterocycles. The molecule has 3 N–H and O–H groups in total.